The molecule has 0 spiro atoms. The smallest absolute Gasteiger partial charge is 0.416 e. The van der Waals surface area contributed by atoms with Crippen molar-refractivity contribution in [3.63, 3.8) is 0 Å². The Morgan fingerprint density at radius 1 is 1.00 bits per heavy atom. The van der Waals surface area contributed by atoms with E-state index in [-0.39, 0.29) is 17.8 Å². The molecule has 0 radical (unpaired) electrons. The molecule has 0 saturated heterocycles. The largest absolute Gasteiger partial charge is 0.496 e. The number of carbonyl (C=O) groups is 2. The average molecular weight is 493 g/mol. The van der Waals surface area contributed by atoms with Crippen LogP contribution in [-0.4, -0.2) is 28.6 Å². The number of ketones is 1. The van der Waals surface area contributed by atoms with E-state index in [0.29, 0.717) is 22.6 Å². The van der Waals surface area contributed by atoms with E-state index in [2.05, 4.69) is 10.4 Å². The Hall–Kier alpha value is -4.40. The maximum atomic E-state index is 12.9. The molecule has 0 fully saturated rings. The van der Waals surface area contributed by atoms with Crippen LogP contribution in [0.15, 0.2) is 79.1 Å². The lowest BCUT2D eigenvalue weighted by atomic mass is 9.99. The second kappa shape index (κ2) is 10.1. The van der Waals surface area contributed by atoms with Gasteiger partial charge in [-0.3, -0.25) is 14.3 Å². The molecule has 0 unspecified atom stereocenters. The van der Waals surface area contributed by atoms with Crippen molar-refractivity contribution in [2.24, 2.45) is 7.05 Å². The summed E-state index contributed by atoms with van der Waals surface area (Å²) in [4.78, 5) is 25.3. The summed E-state index contributed by atoms with van der Waals surface area (Å²) in [6, 6.07) is 16.1. The number of alkyl halides is 3. The van der Waals surface area contributed by atoms with Gasteiger partial charge in [-0.05, 0) is 53.6 Å². The van der Waals surface area contributed by atoms with Gasteiger partial charge in [-0.15, -0.1) is 0 Å². The number of nitrogens with one attached hydrogen (secondary N) is 1. The van der Waals surface area contributed by atoms with Crippen molar-refractivity contribution in [1.82, 2.24) is 9.78 Å². The summed E-state index contributed by atoms with van der Waals surface area (Å²) >= 11 is 0. The van der Waals surface area contributed by atoms with Crippen LogP contribution in [0.3, 0.4) is 0 Å². The molecule has 4 aromatic rings. The molecule has 9 heteroatoms. The topological polar surface area (TPSA) is 73.2 Å². The molecule has 1 N–H and O–H groups in total. The fraction of sp³-hybridized carbons (Fsp3) is 0.148. The van der Waals surface area contributed by atoms with Gasteiger partial charge in [0.1, 0.15) is 5.75 Å². The van der Waals surface area contributed by atoms with Gasteiger partial charge in [-0.1, -0.05) is 24.3 Å². The number of aromatic nitrogens is 2. The standard InChI is InChI=1S/C27H22F3N3O3/c1-33-16-20(15-31-33)18-8-11-23(25(14-18)36-2)24(34)12-17-6-9-22(10-7-17)32-26(35)19-4-3-5-21(13-19)27(28,29)30/h3-11,13-16H,12H2,1-2H3,(H,32,35). The summed E-state index contributed by atoms with van der Waals surface area (Å²) in [6.45, 7) is 0. The van der Waals surface area contributed by atoms with Gasteiger partial charge >= 0.3 is 6.18 Å². The van der Waals surface area contributed by atoms with Crippen LogP contribution in [0.1, 0.15) is 31.8 Å². The van der Waals surface area contributed by atoms with Crippen molar-refractivity contribution >= 4 is 17.4 Å². The maximum absolute atomic E-state index is 12.9. The van der Waals surface area contributed by atoms with Crippen LogP contribution in [0.4, 0.5) is 18.9 Å². The summed E-state index contributed by atoms with van der Waals surface area (Å²) in [5, 5.41) is 6.73. The third-order valence-electron chi connectivity index (χ3n) is 5.57. The van der Waals surface area contributed by atoms with E-state index in [1.54, 1.807) is 47.3 Å². The van der Waals surface area contributed by atoms with Crippen molar-refractivity contribution in [2.75, 3.05) is 12.4 Å². The number of benzene rings is 3. The number of anilines is 1. The molecule has 1 amide bonds. The Balaban J connectivity index is 1.43. The summed E-state index contributed by atoms with van der Waals surface area (Å²) < 4.78 is 45.8. The SMILES string of the molecule is COc1cc(-c2cnn(C)c2)ccc1C(=O)Cc1ccc(NC(=O)c2cccc(C(F)(F)F)c2)cc1. The number of hydrogen-bond acceptors (Lipinski definition) is 4. The molecule has 0 aliphatic rings. The number of nitrogens with zero attached hydrogens (tertiary/aromatic N) is 2. The second-order valence-electron chi connectivity index (χ2n) is 8.15. The van der Waals surface area contributed by atoms with Gasteiger partial charge in [0.15, 0.2) is 5.78 Å². The van der Waals surface area contributed by atoms with Gasteiger partial charge in [-0.2, -0.15) is 18.3 Å². The summed E-state index contributed by atoms with van der Waals surface area (Å²) in [5.41, 5.74) is 2.31. The van der Waals surface area contributed by atoms with Gasteiger partial charge < -0.3 is 10.1 Å². The predicted molar refractivity (Wildman–Crippen MR) is 129 cm³/mol. The number of rotatable bonds is 7. The van der Waals surface area contributed by atoms with Crippen molar-refractivity contribution in [2.45, 2.75) is 12.6 Å². The zero-order valence-corrected chi connectivity index (χ0v) is 19.5. The van der Waals surface area contributed by atoms with Crippen molar-refractivity contribution in [3.05, 3.63) is 101 Å². The monoisotopic (exact) mass is 493 g/mol. The van der Waals surface area contributed by atoms with Gasteiger partial charge in [0, 0.05) is 36.5 Å². The molecule has 184 valence electrons. The number of carbonyl (C=O) groups excluding carboxylic acids is 2. The number of ether oxygens (including phenoxy) is 1. The van der Waals surface area contributed by atoms with Gasteiger partial charge in [0.25, 0.3) is 5.91 Å². The molecule has 4 rings (SSSR count). The van der Waals surface area contributed by atoms with E-state index in [9.17, 15) is 22.8 Å². The Morgan fingerprint density at radius 2 is 1.75 bits per heavy atom. The molecule has 1 heterocycles. The van der Waals surface area contributed by atoms with Crippen LogP contribution in [0.25, 0.3) is 11.1 Å². The number of methoxy groups -OCH3 is 1. The zero-order chi connectivity index (χ0) is 25.9. The highest BCUT2D eigenvalue weighted by atomic mass is 19.4. The molecular weight excluding hydrogens is 471 g/mol. The molecule has 0 aliphatic heterocycles. The van der Waals surface area contributed by atoms with Crippen molar-refractivity contribution in [1.29, 1.82) is 0 Å². The predicted octanol–water partition coefficient (Wildman–Crippen LogP) is 5.79. The van der Waals surface area contributed by atoms with Crippen molar-refractivity contribution < 1.29 is 27.5 Å². The van der Waals surface area contributed by atoms with Crippen LogP contribution in [0, 0.1) is 0 Å². The normalized spacial score (nSPS) is 11.2. The summed E-state index contributed by atoms with van der Waals surface area (Å²) in [7, 11) is 3.32. The first kappa shape index (κ1) is 24.7. The van der Waals surface area contributed by atoms with Crippen LogP contribution < -0.4 is 10.1 Å². The lowest BCUT2D eigenvalue weighted by Gasteiger charge is -2.11. The third-order valence-corrected chi connectivity index (χ3v) is 5.57. The van der Waals surface area contributed by atoms with E-state index in [0.717, 1.165) is 23.3 Å². The molecule has 36 heavy (non-hydrogen) atoms. The fourth-order valence-electron chi connectivity index (χ4n) is 3.70. The lowest BCUT2D eigenvalue weighted by Crippen LogP contribution is -2.14. The quantitative estimate of drug-likeness (QED) is 0.331. The first-order valence-corrected chi connectivity index (χ1v) is 10.9. The highest BCUT2D eigenvalue weighted by Gasteiger charge is 2.30. The number of Topliss-reactive ketones (excluding diaryl/α,β-unsaturated/α-hetero) is 1. The Labute approximate surface area is 205 Å². The van der Waals surface area contributed by atoms with E-state index in [1.807, 2.05) is 19.3 Å². The Morgan fingerprint density at radius 3 is 2.39 bits per heavy atom. The molecule has 3 aromatic carbocycles. The van der Waals surface area contributed by atoms with E-state index < -0.39 is 17.6 Å². The van der Waals surface area contributed by atoms with E-state index in [1.165, 1.54) is 19.2 Å². The van der Waals surface area contributed by atoms with Gasteiger partial charge in [-0.25, -0.2) is 0 Å². The van der Waals surface area contributed by atoms with Crippen LogP contribution in [0.2, 0.25) is 0 Å². The molecule has 0 atom stereocenters. The summed E-state index contributed by atoms with van der Waals surface area (Å²) in [6.07, 6.45) is -0.843. The van der Waals surface area contributed by atoms with Gasteiger partial charge in [0.05, 0.1) is 24.4 Å². The van der Waals surface area contributed by atoms with Crippen LogP contribution in [-0.2, 0) is 19.6 Å². The highest BCUT2D eigenvalue weighted by Crippen LogP contribution is 2.30. The molecule has 1 aromatic heterocycles. The first-order valence-electron chi connectivity index (χ1n) is 10.9. The zero-order valence-electron chi connectivity index (χ0n) is 19.5. The minimum atomic E-state index is -4.54. The molecular formula is C27H22F3N3O3. The van der Waals surface area contributed by atoms with Gasteiger partial charge in [0.2, 0.25) is 0 Å². The average Bonchev–Trinajstić information content (AvgIpc) is 3.30. The second-order valence-corrected chi connectivity index (χ2v) is 8.15. The molecule has 0 bridgehead atoms. The van der Waals surface area contributed by atoms with Crippen LogP contribution in [0.5, 0.6) is 5.75 Å². The highest BCUT2D eigenvalue weighted by molar-refractivity contribution is 6.04. The Bertz CT molecular complexity index is 1410. The summed E-state index contributed by atoms with van der Waals surface area (Å²) in [5.74, 6) is -0.361. The number of aryl methyl sites for hydroxylation is 1. The number of amides is 1. The van der Waals surface area contributed by atoms with Crippen molar-refractivity contribution in [3.8, 4) is 16.9 Å². The van der Waals surface area contributed by atoms with E-state index in [4.69, 9.17) is 4.74 Å². The molecule has 0 saturated carbocycles. The minimum absolute atomic E-state index is 0.102. The number of halogens is 3. The molecule has 6 nitrogen and oxygen atoms in total. The first-order chi connectivity index (χ1) is 17.1. The minimum Gasteiger partial charge on any atom is -0.496 e. The van der Waals surface area contributed by atoms with Crippen LogP contribution >= 0.6 is 0 Å². The fourth-order valence-corrected chi connectivity index (χ4v) is 3.70. The Kier molecular flexibility index (Phi) is 6.91. The maximum Gasteiger partial charge on any atom is 0.416 e. The molecule has 0 aliphatic carbocycles. The third kappa shape index (κ3) is 5.63. The number of hydrogen-bond donors (Lipinski definition) is 1. The lowest BCUT2D eigenvalue weighted by molar-refractivity contribution is -0.137. The van der Waals surface area contributed by atoms with E-state index >= 15 is 0 Å².